The van der Waals surface area contributed by atoms with Gasteiger partial charge in [0.25, 0.3) is 0 Å². The highest BCUT2D eigenvalue weighted by molar-refractivity contribution is 5.73. The lowest BCUT2D eigenvalue weighted by Crippen LogP contribution is -2.41. The molecule has 0 heterocycles. The molecule has 0 spiro atoms. The Hall–Kier alpha value is -2.13. The van der Waals surface area contributed by atoms with Crippen LogP contribution in [0.3, 0.4) is 0 Å². The molecule has 1 atom stereocenters. The molecule has 0 bridgehead atoms. The molecule has 0 radical (unpaired) electrons. The van der Waals surface area contributed by atoms with Gasteiger partial charge in [-0.05, 0) is 24.1 Å². The van der Waals surface area contributed by atoms with Crippen molar-refractivity contribution in [3.8, 4) is 6.07 Å². The number of urea groups is 1. The minimum Gasteiger partial charge on any atom is -0.391 e. The van der Waals surface area contributed by atoms with Gasteiger partial charge in [0.15, 0.2) is 0 Å². The number of nitrogens with zero attached hydrogens (tertiary/aromatic N) is 1. The van der Waals surface area contributed by atoms with Crippen molar-refractivity contribution in [2.75, 3.05) is 6.54 Å². The standard InChI is InChI=1S/C16H22FN3O2/c1-3-12(4-2)15(21)10-20-16(22)19-9-13-7-11(8-18)5-6-14(13)17/h5-7,12,15,21H,3-4,9-10H2,1-2H3,(H2,19,20,22). The minimum absolute atomic E-state index is 0.0196. The number of halogens is 1. The van der Waals surface area contributed by atoms with Crippen molar-refractivity contribution < 1.29 is 14.3 Å². The predicted molar refractivity (Wildman–Crippen MR) is 81.4 cm³/mol. The fourth-order valence-electron chi connectivity index (χ4n) is 2.21. The average Bonchev–Trinajstić information content (AvgIpc) is 2.53. The Morgan fingerprint density at radius 1 is 1.36 bits per heavy atom. The molecule has 2 amide bonds. The summed E-state index contributed by atoms with van der Waals surface area (Å²) in [4.78, 5) is 11.7. The van der Waals surface area contributed by atoms with Crippen LogP contribution < -0.4 is 10.6 Å². The summed E-state index contributed by atoms with van der Waals surface area (Å²) < 4.78 is 13.5. The molecule has 0 saturated carbocycles. The van der Waals surface area contributed by atoms with E-state index < -0.39 is 18.0 Å². The van der Waals surface area contributed by atoms with Crippen LogP contribution in [0.25, 0.3) is 0 Å². The lowest BCUT2D eigenvalue weighted by atomic mass is 9.97. The highest BCUT2D eigenvalue weighted by Crippen LogP contribution is 2.12. The summed E-state index contributed by atoms with van der Waals surface area (Å²) in [5.41, 5.74) is 0.581. The molecule has 0 aliphatic heterocycles. The van der Waals surface area contributed by atoms with Crippen LogP contribution in [0.5, 0.6) is 0 Å². The third kappa shape index (κ3) is 5.34. The second-order valence-electron chi connectivity index (χ2n) is 5.13. The molecule has 0 saturated heterocycles. The Bertz CT molecular complexity index is 539. The highest BCUT2D eigenvalue weighted by Gasteiger charge is 2.16. The zero-order chi connectivity index (χ0) is 16.5. The van der Waals surface area contributed by atoms with Gasteiger partial charge in [-0.15, -0.1) is 0 Å². The second-order valence-corrected chi connectivity index (χ2v) is 5.13. The van der Waals surface area contributed by atoms with Crippen LogP contribution in [0.2, 0.25) is 0 Å². The van der Waals surface area contributed by atoms with Gasteiger partial charge in [-0.3, -0.25) is 0 Å². The van der Waals surface area contributed by atoms with Crippen LogP contribution in [0.4, 0.5) is 9.18 Å². The Kier molecular flexibility index (Phi) is 7.33. The van der Waals surface area contributed by atoms with Gasteiger partial charge < -0.3 is 15.7 Å². The highest BCUT2D eigenvalue weighted by atomic mass is 19.1. The fraction of sp³-hybridized carbons (Fsp3) is 0.500. The number of aliphatic hydroxyl groups is 1. The summed E-state index contributed by atoms with van der Waals surface area (Å²) >= 11 is 0. The van der Waals surface area contributed by atoms with Crippen molar-refractivity contribution in [2.24, 2.45) is 5.92 Å². The number of carbonyl (C=O) groups excluding carboxylic acids is 1. The van der Waals surface area contributed by atoms with E-state index in [4.69, 9.17) is 5.26 Å². The molecule has 5 nitrogen and oxygen atoms in total. The van der Waals surface area contributed by atoms with E-state index in [0.29, 0.717) is 5.56 Å². The van der Waals surface area contributed by atoms with Gasteiger partial charge in [0, 0.05) is 18.7 Å². The van der Waals surface area contributed by atoms with Gasteiger partial charge in [0.2, 0.25) is 0 Å². The first-order valence-corrected chi connectivity index (χ1v) is 7.40. The molecule has 0 aliphatic rings. The topological polar surface area (TPSA) is 85.2 Å². The third-order valence-electron chi connectivity index (χ3n) is 3.68. The van der Waals surface area contributed by atoms with Crippen LogP contribution in [-0.4, -0.2) is 23.8 Å². The molecule has 0 aliphatic carbocycles. The zero-order valence-electron chi connectivity index (χ0n) is 12.9. The van der Waals surface area contributed by atoms with E-state index in [9.17, 15) is 14.3 Å². The van der Waals surface area contributed by atoms with Crippen molar-refractivity contribution >= 4 is 6.03 Å². The molecule has 3 N–H and O–H groups in total. The van der Waals surface area contributed by atoms with Crippen molar-refractivity contribution in [3.63, 3.8) is 0 Å². The Morgan fingerprint density at radius 2 is 2.05 bits per heavy atom. The Balaban J connectivity index is 2.45. The van der Waals surface area contributed by atoms with Crippen LogP contribution >= 0.6 is 0 Å². The number of hydrogen-bond donors (Lipinski definition) is 3. The number of hydrogen-bond acceptors (Lipinski definition) is 3. The molecule has 1 unspecified atom stereocenters. The summed E-state index contributed by atoms with van der Waals surface area (Å²) in [5, 5.41) is 23.8. The lowest BCUT2D eigenvalue weighted by molar-refractivity contribution is 0.103. The van der Waals surface area contributed by atoms with E-state index in [1.165, 1.54) is 18.2 Å². The van der Waals surface area contributed by atoms with Gasteiger partial charge in [-0.2, -0.15) is 5.26 Å². The maximum absolute atomic E-state index is 13.5. The molecule has 0 fully saturated rings. The Labute approximate surface area is 130 Å². The summed E-state index contributed by atoms with van der Waals surface area (Å²) in [5.74, 6) is -0.332. The van der Waals surface area contributed by atoms with E-state index >= 15 is 0 Å². The van der Waals surface area contributed by atoms with E-state index in [-0.39, 0.29) is 24.6 Å². The molecule has 6 heteroatoms. The fourth-order valence-corrected chi connectivity index (χ4v) is 2.21. The number of aliphatic hydroxyl groups excluding tert-OH is 1. The summed E-state index contributed by atoms with van der Waals surface area (Å²) in [7, 11) is 0. The number of nitrogens with one attached hydrogen (secondary N) is 2. The molecule has 22 heavy (non-hydrogen) atoms. The van der Waals surface area contributed by atoms with E-state index in [1.807, 2.05) is 19.9 Å². The minimum atomic E-state index is -0.598. The van der Waals surface area contributed by atoms with Crippen LogP contribution in [0, 0.1) is 23.1 Å². The molecule has 1 aromatic carbocycles. The maximum atomic E-state index is 13.5. The lowest BCUT2D eigenvalue weighted by Gasteiger charge is -2.20. The molecule has 1 aromatic rings. The van der Waals surface area contributed by atoms with Gasteiger partial charge in [-0.25, -0.2) is 9.18 Å². The molecule has 0 aromatic heterocycles. The summed E-state index contributed by atoms with van der Waals surface area (Å²) in [6, 6.07) is 5.42. The van der Waals surface area contributed by atoms with E-state index in [2.05, 4.69) is 10.6 Å². The van der Waals surface area contributed by atoms with Gasteiger partial charge in [-0.1, -0.05) is 26.7 Å². The van der Waals surface area contributed by atoms with Gasteiger partial charge in [0.05, 0.1) is 17.7 Å². The normalized spacial score (nSPS) is 11.8. The largest absolute Gasteiger partial charge is 0.391 e. The van der Waals surface area contributed by atoms with E-state index in [1.54, 1.807) is 0 Å². The quantitative estimate of drug-likeness (QED) is 0.722. The first-order chi connectivity index (χ1) is 10.5. The van der Waals surface area contributed by atoms with Crippen LogP contribution in [0.1, 0.15) is 37.8 Å². The number of nitriles is 1. The summed E-state index contributed by atoms with van der Waals surface area (Å²) in [6.07, 6.45) is 1.08. The Morgan fingerprint density at radius 3 is 2.64 bits per heavy atom. The van der Waals surface area contributed by atoms with Crippen molar-refractivity contribution in [3.05, 3.63) is 35.1 Å². The number of carbonyl (C=O) groups is 1. The smallest absolute Gasteiger partial charge is 0.315 e. The van der Waals surface area contributed by atoms with Crippen molar-refractivity contribution in [1.29, 1.82) is 5.26 Å². The van der Waals surface area contributed by atoms with Crippen LogP contribution in [0.15, 0.2) is 18.2 Å². The molecular formula is C16H22FN3O2. The zero-order valence-corrected chi connectivity index (χ0v) is 12.9. The molecular weight excluding hydrogens is 285 g/mol. The average molecular weight is 307 g/mol. The summed E-state index contributed by atoms with van der Waals surface area (Å²) in [6.45, 7) is 4.11. The SMILES string of the molecule is CCC(CC)C(O)CNC(=O)NCc1cc(C#N)ccc1F. The second kappa shape index (κ2) is 9.00. The van der Waals surface area contributed by atoms with Gasteiger partial charge in [0.1, 0.15) is 5.82 Å². The van der Waals surface area contributed by atoms with E-state index in [0.717, 1.165) is 12.8 Å². The molecule has 1 rings (SSSR count). The number of benzene rings is 1. The van der Waals surface area contributed by atoms with Crippen molar-refractivity contribution in [1.82, 2.24) is 10.6 Å². The third-order valence-corrected chi connectivity index (χ3v) is 3.68. The maximum Gasteiger partial charge on any atom is 0.315 e. The van der Waals surface area contributed by atoms with Crippen molar-refractivity contribution in [2.45, 2.75) is 39.3 Å². The predicted octanol–water partition coefficient (Wildman–Crippen LogP) is 2.29. The monoisotopic (exact) mass is 307 g/mol. The number of rotatable bonds is 7. The first kappa shape index (κ1) is 17.9. The van der Waals surface area contributed by atoms with Gasteiger partial charge >= 0.3 is 6.03 Å². The first-order valence-electron chi connectivity index (χ1n) is 7.40. The van der Waals surface area contributed by atoms with Crippen LogP contribution in [-0.2, 0) is 6.54 Å². The number of amides is 2. The molecule has 120 valence electrons.